The van der Waals surface area contributed by atoms with Gasteiger partial charge in [0.2, 0.25) is 0 Å². The number of ether oxygens (including phenoxy) is 1. The van der Waals surface area contributed by atoms with Gasteiger partial charge in [0.15, 0.2) is 0 Å². The number of hydrogen-bond acceptors (Lipinski definition) is 4. The van der Waals surface area contributed by atoms with Crippen molar-refractivity contribution in [2.24, 2.45) is 0 Å². The lowest BCUT2D eigenvalue weighted by Crippen LogP contribution is -2.30. The molecule has 1 aromatic carbocycles. The predicted octanol–water partition coefficient (Wildman–Crippen LogP) is 2.15. The smallest absolute Gasteiger partial charge is 0.138 e. The van der Waals surface area contributed by atoms with Crippen molar-refractivity contribution in [3.05, 3.63) is 59.7 Å². The standard InChI is InChI=1S/C17H19FN2O2/c1-12-4-3-7-19-15(12)9-20-10-16(21)17(11-20)22-14-6-2-5-13(18)8-14/h2-8,16-17,21H,9-11H2,1H3/t16-,17-/m1/s1. The van der Waals surface area contributed by atoms with Gasteiger partial charge in [-0.15, -0.1) is 0 Å². The van der Waals surface area contributed by atoms with E-state index >= 15 is 0 Å². The number of halogens is 1. The minimum absolute atomic E-state index is 0.342. The van der Waals surface area contributed by atoms with E-state index in [0.717, 1.165) is 11.3 Å². The summed E-state index contributed by atoms with van der Waals surface area (Å²) >= 11 is 0. The minimum atomic E-state index is -0.590. The zero-order valence-electron chi connectivity index (χ0n) is 12.4. The van der Waals surface area contributed by atoms with Gasteiger partial charge in [0, 0.05) is 31.9 Å². The van der Waals surface area contributed by atoms with Crippen LogP contribution in [0.3, 0.4) is 0 Å². The molecule has 2 atom stereocenters. The molecule has 1 saturated heterocycles. The summed E-state index contributed by atoms with van der Waals surface area (Å²) in [5.74, 6) is 0.103. The highest BCUT2D eigenvalue weighted by Crippen LogP contribution is 2.21. The van der Waals surface area contributed by atoms with E-state index in [0.29, 0.717) is 25.4 Å². The maximum absolute atomic E-state index is 13.2. The summed E-state index contributed by atoms with van der Waals surface area (Å²) in [5, 5.41) is 10.2. The number of likely N-dealkylation sites (tertiary alicyclic amines) is 1. The molecule has 2 heterocycles. The number of aromatic nitrogens is 1. The topological polar surface area (TPSA) is 45.6 Å². The highest BCUT2D eigenvalue weighted by Gasteiger charge is 2.33. The van der Waals surface area contributed by atoms with Crippen molar-refractivity contribution in [1.29, 1.82) is 0 Å². The van der Waals surface area contributed by atoms with E-state index in [9.17, 15) is 9.50 Å². The van der Waals surface area contributed by atoms with Gasteiger partial charge in [-0.3, -0.25) is 9.88 Å². The van der Waals surface area contributed by atoms with Gasteiger partial charge < -0.3 is 9.84 Å². The quantitative estimate of drug-likeness (QED) is 0.940. The molecule has 0 radical (unpaired) electrons. The Balaban J connectivity index is 1.63. The van der Waals surface area contributed by atoms with Gasteiger partial charge in [-0.05, 0) is 30.7 Å². The second kappa shape index (κ2) is 6.42. The molecular weight excluding hydrogens is 283 g/mol. The van der Waals surface area contributed by atoms with E-state index in [1.165, 1.54) is 12.1 Å². The largest absolute Gasteiger partial charge is 0.486 e. The van der Waals surface area contributed by atoms with E-state index in [2.05, 4.69) is 9.88 Å². The third-order valence-electron chi connectivity index (χ3n) is 3.89. The van der Waals surface area contributed by atoms with Crippen molar-refractivity contribution in [2.75, 3.05) is 13.1 Å². The summed E-state index contributed by atoms with van der Waals surface area (Å²) in [6.07, 6.45) is 0.827. The molecule has 0 spiro atoms. The maximum Gasteiger partial charge on any atom is 0.138 e. The molecular formula is C17H19FN2O2. The second-order valence-corrected chi connectivity index (χ2v) is 5.64. The Morgan fingerprint density at radius 3 is 2.95 bits per heavy atom. The lowest BCUT2D eigenvalue weighted by Gasteiger charge is -2.17. The molecule has 1 fully saturated rings. The van der Waals surface area contributed by atoms with Crippen LogP contribution in [-0.2, 0) is 6.54 Å². The van der Waals surface area contributed by atoms with E-state index in [4.69, 9.17) is 4.74 Å². The molecule has 1 aliphatic heterocycles. The molecule has 1 aromatic heterocycles. The molecule has 3 rings (SSSR count). The van der Waals surface area contributed by atoms with Crippen molar-refractivity contribution < 1.29 is 14.2 Å². The Morgan fingerprint density at radius 1 is 1.32 bits per heavy atom. The van der Waals surface area contributed by atoms with Crippen LogP contribution in [0.4, 0.5) is 4.39 Å². The molecule has 2 aromatic rings. The lowest BCUT2D eigenvalue weighted by molar-refractivity contribution is 0.0734. The van der Waals surface area contributed by atoms with E-state index in [-0.39, 0.29) is 11.9 Å². The monoisotopic (exact) mass is 302 g/mol. The van der Waals surface area contributed by atoms with Crippen LogP contribution in [0, 0.1) is 12.7 Å². The van der Waals surface area contributed by atoms with Crippen LogP contribution < -0.4 is 4.74 Å². The van der Waals surface area contributed by atoms with Crippen molar-refractivity contribution in [1.82, 2.24) is 9.88 Å². The van der Waals surface area contributed by atoms with Crippen LogP contribution in [0.1, 0.15) is 11.3 Å². The Morgan fingerprint density at radius 2 is 2.18 bits per heavy atom. The summed E-state index contributed by atoms with van der Waals surface area (Å²) in [6.45, 7) is 3.81. The molecule has 4 nitrogen and oxygen atoms in total. The second-order valence-electron chi connectivity index (χ2n) is 5.64. The molecule has 116 valence electrons. The number of pyridine rings is 1. The zero-order valence-corrected chi connectivity index (χ0v) is 12.4. The van der Waals surface area contributed by atoms with E-state index in [1.807, 2.05) is 19.1 Å². The first-order valence-electron chi connectivity index (χ1n) is 7.35. The molecule has 0 unspecified atom stereocenters. The van der Waals surface area contributed by atoms with Crippen molar-refractivity contribution in [2.45, 2.75) is 25.7 Å². The van der Waals surface area contributed by atoms with Gasteiger partial charge >= 0.3 is 0 Å². The van der Waals surface area contributed by atoms with E-state index < -0.39 is 6.10 Å². The van der Waals surface area contributed by atoms with Gasteiger partial charge in [0.05, 0.1) is 5.69 Å². The van der Waals surface area contributed by atoms with Gasteiger partial charge in [0.25, 0.3) is 0 Å². The van der Waals surface area contributed by atoms with Gasteiger partial charge in [-0.25, -0.2) is 4.39 Å². The number of aryl methyl sites for hydroxylation is 1. The summed E-state index contributed by atoms with van der Waals surface area (Å²) in [5.41, 5.74) is 2.13. The number of hydrogen-bond donors (Lipinski definition) is 1. The number of aliphatic hydroxyl groups excluding tert-OH is 1. The Hall–Kier alpha value is -1.98. The first-order valence-corrected chi connectivity index (χ1v) is 7.35. The van der Waals surface area contributed by atoms with Crippen molar-refractivity contribution in [3.8, 4) is 5.75 Å². The fraction of sp³-hybridized carbons (Fsp3) is 0.353. The van der Waals surface area contributed by atoms with Gasteiger partial charge in [-0.1, -0.05) is 12.1 Å². The molecule has 1 N–H and O–H groups in total. The average molecular weight is 302 g/mol. The molecule has 0 amide bonds. The molecule has 0 bridgehead atoms. The Labute approximate surface area is 129 Å². The minimum Gasteiger partial charge on any atom is -0.486 e. The van der Waals surface area contributed by atoms with E-state index in [1.54, 1.807) is 18.3 Å². The molecule has 22 heavy (non-hydrogen) atoms. The van der Waals surface area contributed by atoms with Crippen molar-refractivity contribution in [3.63, 3.8) is 0 Å². The van der Waals surface area contributed by atoms with Crippen LogP contribution in [-0.4, -0.2) is 40.3 Å². The van der Waals surface area contributed by atoms with Crippen LogP contribution in [0.25, 0.3) is 0 Å². The maximum atomic E-state index is 13.2. The first-order chi connectivity index (χ1) is 10.6. The number of rotatable bonds is 4. The molecule has 1 aliphatic rings. The summed E-state index contributed by atoms with van der Waals surface area (Å²) in [7, 11) is 0. The van der Waals surface area contributed by atoms with Crippen LogP contribution in [0.5, 0.6) is 5.75 Å². The molecule has 0 saturated carbocycles. The Kier molecular flexibility index (Phi) is 4.36. The average Bonchev–Trinajstić information content (AvgIpc) is 2.81. The first kappa shape index (κ1) is 14.9. The van der Waals surface area contributed by atoms with Crippen molar-refractivity contribution >= 4 is 0 Å². The van der Waals surface area contributed by atoms with Crippen LogP contribution in [0.2, 0.25) is 0 Å². The fourth-order valence-corrected chi connectivity index (χ4v) is 2.69. The SMILES string of the molecule is Cc1cccnc1CN1C[C@@H](O)[C@H](Oc2cccc(F)c2)C1. The van der Waals surface area contributed by atoms with Gasteiger partial charge in [-0.2, -0.15) is 0 Å². The number of nitrogens with zero attached hydrogens (tertiary/aromatic N) is 2. The lowest BCUT2D eigenvalue weighted by atomic mass is 10.2. The number of benzene rings is 1. The summed E-state index contributed by atoms with van der Waals surface area (Å²) in [6, 6.07) is 9.93. The third-order valence-corrected chi connectivity index (χ3v) is 3.89. The number of aliphatic hydroxyl groups is 1. The van der Waals surface area contributed by atoms with Crippen LogP contribution in [0.15, 0.2) is 42.6 Å². The highest BCUT2D eigenvalue weighted by atomic mass is 19.1. The molecule has 5 heteroatoms. The predicted molar refractivity (Wildman–Crippen MR) is 81.1 cm³/mol. The highest BCUT2D eigenvalue weighted by molar-refractivity contribution is 5.23. The summed E-state index contributed by atoms with van der Waals surface area (Å²) in [4.78, 5) is 6.47. The van der Waals surface area contributed by atoms with Crippen LogP contribution >= 0.6 is 0 Å². The number of β-amino-alcohol motifs (C(OH)–C–C–N with tert-alkyl or cyclic N) is 1. The zero-order chi connectivity index (χ0) is 15.5. The third kappa shape index (κ3) is 3.43. The molecule has 0 aliphatic carbocycles. The Bertz CT molecular complexity index is 650. The summed E-state index contributed by atoms with van der Waals surface area (Å²) < 4.78 is 18.9. The normalized spacial score (nSPS) is 22.0. The van der Waals surface area contributed by atoms with Gasteiger partial charge in [0.1, 0.15) is 23.8 Å². The fourth-order valence-electron chi connectivity index (χ4n) is 2.69.